The predicted octanol–water partition coefficient (Wildman–Crippen LogP) is 4.13. The van der Waals surface area contributed by atoms with Crippen LogP contribution in [0.2, 0.25) is 0 Å². The lowest BCUT2D eigenvalue weighted by Gasteiger charge is -2.35. The van der Waals surface area contributed by atoms with E-state index in [0.717, 1.165) is 43.7 Å². The van der Waals surface area contributed by atoms with Gasteiger partial charge in [-0.25, -0.2) is 0 Å². The molecule has 1 unspecified atom stereocenters. The van der Waals surface area contributed by atoms with Crippen LogP contribution >= 0.6 is 11.3 Å². The van der Waals surface area contributed by atoms with Gasteiger partial charge in [-0.15, -0.1) is 11.3 Å². The number of amides is 1. The zero-order valence-electron chi connectivity index (χ0n) is 14.4. The van der Waals surface area contributed by atoms with Crippen molar-refractivity contribution in [1.29, 1.82) is 0 Å². The van der Waals surface area contributed by atoms with Crippen molar-refractivity contribution in [3.63, 3.8) is 0 Å². The fraction of sp³-hybridized carbons (Fsp3) is 0.421. The Bertz CT molecular complexity index is 709. The van der Waals surface area contributed by atoms with Gasteiger partial charge in [-0.1, -0.05) is 36.8 Å². The number of alkyl halides is 2. The van der Waals surface area contributed by atoms with E-state index in [4.69, 9.17) is 0 Å². The summed E-state index contributed by atoms with van der Waals surface area (Å²) < 4.78 is 29.2. The number of benzene rings is 1. The molecule has 1 aliphatic heterocycles. The standard InChI is InChI=1S/C19H22F2N2O2S/c20-19(21)25-16-9-11-26-17(16)18(24)22-12-15-8-4-5-10-23(15)13-14-6-2-1-3-7-14/h1-3,6-7,9,11,15,19H,4-5,8,10,12-13H2,(H,22,24). The molecule has 0 aliphatic carbocycles. The smallest absolute Gasteiger partial charge is 0.387 e. The van der Waals surface area contributed by atoms with E-state index < -0.39 is 6.61 Å². The molecular weight excluding hydrogens is 358 g/mol. The molecule has 2 aromatic rings. The van der Waals surface area contributed by atoms with E-state index in [2.05, 4.69) is 27.1 Å². The first-order chi connectivity index (χ1) is 12.6. The maximum absolute atomic E-state index is 12.4. The zero-order chi connectivity index (χ0) is 18.4. The molecule has 1 saturated heterocycles. The van der Waals surface area contributed by atoms with E-state index in [1.165, 1.54) is 11.6 Å². The van der Waals surface area contributed by atoms with Gasteiger partial charge in [-0.3, -0.25) is 9.69 Å². The fourth-order valence-corrected chi connectivity index (χ4v) is 4.00. The number of carbonyl (C=O) groups excluding carboxylic acids is 1. The lowest BCUT2D eigenvalue weighted by molar-refractivity contribution is -0.0498. The van der Waals surface area contributed by atoms with Gasteiger partial charge in [-0.05, 0) is 36.4 Å². The molecule has 0 saturated carbocycles. The highest BCUT2D eigenvalue weighted by atomic mass is 32.1. The second-order valence-electron chi connectivity index (χ2n) is 6.31. The Morgan fingerprint density at radius 3 is 2.85 bits per heavy atom. The van der Waals surface area contributed by atoms with Crippen molar-refractivity contribution in [2.45, 2.75) is 38.5 Å². The molecule has 0 radical (unpaired) electrons. The number of carbonyl (C=O) groups is 1. The third kappa shape index (κ3) is 5.02. The summed E-state index contributed by atoms with van der Waals surface area (Å²) in [5.74, 6) is -0.423. The van der Waals surface area contributed by atoms with Crippen molar-refractivity contribution in [3.8, 4) is 5.75 Å². The maximum atomic E-state index is 12.4. The van der Waals surface area contributed by atoms with Crippen LogP contribution in [0.15, 0.2) is 41.8 Å². The molecule has 3 rings (SSSR count). The third-order valence-corrected chi connectivity index (χ3v) is 5.42. The van der Waals surface area contributed by atoms with E-state index in [0.29, 0.717) is 6.54 Å². The molecule has 1 aromatic heterocycles. The number of hydrogen-bond acceptors (Lipinski definition) is 4. The minimum absolute atomic E-state index is 0.0627. The van der Waals surface area contributed by atoms with Crippen LogP contribution < -0.4 is 10.1 Å². The van der Waals surface area contributed by atoms with Crippen molar-refractivity contribution in [1.82, 2.24) is 10.2 Å². The highest BCUT2D eigenvalue weighted by Crippen LogP contribution is 2.26. The summed E-state index contributed by atoms with van der Waals surface area (Å²) >= 11 is 1.11. The van der Waals surface area contributed by atoms with E-state index in [9.17, 15) is 13.6 Å². The fourth-order valence-electron chi connectivity index (χ4n) is 3.26. The highest BCUT2D eigenvalue weighted by molar-refractivity contribution is 7.12. The van der Waals surface area contributed by atoms with Crippen LogP contribution in [0.1, 0.15) is 34.5 Å². The number of nitrogens with zero attached hydrogens (tertiary/aromatic N) is 1. The van der Waals surface area contributed by atoms with Crippen molar-refractivity contribution in [3.05, 3.63) is 52.2 Å². The number of likely N-dealkylation sites (tertiary alicyclic amines) is 1. The zero-order valence-corrected chi connectivity index (χ0v) is 15.2. The number of piperidine rings is 1. The average molecular weight is 380 g/mol. The molecule has 0 spiro atoms. The van der Waals surface area contributed by atoms with Gasteiger partial charge >= 0.3 is 6.61 Å². The molecule has 1 amide bonds. The molecule has 1 atom stereocenters. The largest absolute Gasteiger partial charge is 0.433 e. The predicted molar refractivity (Wildman–Crippen MR) is 97.8 cm³/mol. The van der Waals surface area contributed by atoms with E-state index in [1.54, 1.807) is 5.38 Å². The molecular formula is C19H22F2N2O2S. The number of ether oxygens (including phenoxy) is 1. The molecule has 26 heavy (non-hydrogen) atoms. The number of hydrogen-bond donors (Lipinski definition) is 1. The van der Waals surface area contributed by atoms with Gasteiger partial charge in [0.25, 0.3) is 5.91 Å². The van der Waals surface area contributed by atoms with E-state index in [1.807, 2.05) is 18.2 Å². The summed E-state index contributed by atoms with van der Waals surface area (Å²) in [6.07, 6.45) is 3.29. The van der Waals surface area contributed by atoms with Crippen LogP contribution in [-0.2, 0) is 6.54 Å². The Balaban J connectivity index is 1.58. The summed E-state index contributed by atoms with van der Waals surface area (Å²) in [4.78, 5) is 14.9. The van der Waals surface area contributed by atoms with Crippen molar-refractivity contribution in [2.75, 3.05) is 13.1 Å². The van der Waals surface area contributed by atoms with Gasteiger partial charge in [0.2, 0.25) is 0 Å². The number of halogens is 2. The summed E-state index contributed by atoms with van der Waals surface area (Å²) in [6, 6.07) is 11.9. The number of nitrogens with one attached hydrogen (secondary N) is 1. The van der Waals surface area contributed by atoms with Crippen LogP contribution in [0.3, 0.4) is 0 Å². The van der Waals surface area contributed by atoms with Crippen molar-refractivity contribution in [2.24, 2.45) is 0 Å². The first-order valence-electron chi connectivity index (χ1n) is 8.72. The minimum Gasteiger partial charge on any atom is -0.433 e. The normalized spacial score (nSPS) is 18.0. The molecule has 1 N–H and O–H groups in total. The molecule has 7 heteroatoms. The number of rotatable bonds is 7. The van der Waals surface area contributed by atoms with Gasteiger partial charge in [0.05, 0.1) is 0 Å². The number of thiophene rings is 1. The monoisotopic (exact) mass is 380 g/mol. The Labute approximate surface area is 155 Å². The Morgan fingerprint density at radius 2 is 2.08 bits per heavy atom. The van der Waals surface area contributed by atoms with Crippen LogP contribution in [0.5, 0.6) is 5.75 Å². The van der Waals surface area contributed by atoms with Gasteiger partial charge < -0.3 is 10.1 Å². The van der Waals surface area contributed by atoms with Crippen LogP contribution in [0, 0.1) is 0 Å². The van der Waals surface area contributed by atoms with Crippen LogP contribution in [0.4, 0.5) is 8.78 Å². The molecule has 1 aliphatic rings. The Kier molecular flexibility index (Phi) is 6.57. The second kappa shape index (κ2) is 9.09. The van der Waals surface area contributed by atoms with Crippen LogP contribution in [-0.4, -0.2) is 36.5 Å². The van der Waals surface area contributed by atoms with Crippen molar-refractivity contribution >= 4 is 17.2 Å². The van der Waals surface area contributed by atoms with Gasteiger partial charge in [-0.2, -0.15) is 8.78 Å². The van der Waals surface area contributed by atoms with E-state index >= 15 is 0 Å². The first-order valence-corrected chi connectivity index (χ1v) is 9.60. The molecule has 1 fully saturated rings. The molecule has 2 heterocycles. The minimum atomic E-state index is -2.93. The van der Waals surface area contributed by atoms with Crippen molar-refractivity contribution < 1.29 is 18.3 Å². The SMILES string of the molecule is O=C(NCC1CCCCN1Cc1ccccc1)c1sccc1OC(F)F. The van der Waals surface area contributed by atoms with Gasteiger partial charge in [0, 0.05) is 19.1 Å². The molecule has 1 aromatic carbocycles. The third-order valence-electron chi connectivity index (χ3n) is 4.53. The maximum Gasteiger partial charge on any atom is 0.387 e. The Hall–Kier alpha value is -1.99. The quantitative estimate of drug-likeness (QED) is 0.785. The lowest BCUT2D eigenvalue weighted by Crippen LogP contribution is -2.46. The van der Waals surface area contributed by atoms with Gasteiger partial charge in [0.15, 0.2) is 0 Å². The lowest BCUT2D eigenvalue weighted by atomic mass is 10.0. The van der Waals surface area contributed by atoms with Gasteiger partial charge in [0.1, 0.15) is 10.6 Å². The molecule has 140 valence electrons. The summed E-state index contributed by atoms with van der Waals surface area (Å²) in [5.41, 5.74) is 1.25. The summed E-state index contributed by atoms with van der Waals surface area (Å²) in [6.45, 7) is -0.595. The first kappa shape index (κ1) is 18.8. The molecule has 0 bridgehead atoms. The Morgan fingerprint density at radius 1 is 1.27 bits per heavy atom. The van der Waals surface area contributed by atoms with E-state index in [-0.39, 0.29) is 22.6 Å². The average Bonchev–Trinajstić information content (AvgIpc) is 3.09. The topological polar surface area (TPSA) is 41.6 Å². The summed E-state index contributed by atoms with van der Waals surface area (Å²) in [7, 11) is 0. The second-order valence-corrected chi connectivity index (χ2v) is 7.22. The highest BCUT2D eigenvalue weighted by Gasteiger charge is 2.24. The van der Waals surface area contributed by atoms with Crippen LogP contribution in [0.25, 0.3) is 0 Å². The molecule has 4 nitrogen and oxygen atoms in total. The summed E-state index contributed by atoms with van der Waals surface area (Å²) in [5, 5.41) is 4.47.